The van der Waals surface area contributed by atoms with E-state index in [1.165, 1.54) is 16.8 Å². The highest BCUT2D eigenvalue weighted by Crippen LogP contribution is 2.23. The van der Waals surface area contributed by atoms with E-state index in [0.29, 0.717) is 17.3 Å². The van der Waals surface area contributed by atoms with Crippen LogP contribution in [0.15, 0.2) is 47.7 Å². The minimum Gasteiger partial charge on any atom is -0.322 e. The first-order chi connectivity index (χ1) is 13.7. The third-order valence-corrected chi connectivity index (χ3v) is 5.97. The first-order valence-electron chi connectivity index (χ1n) is 9.30. The van der Waals surface area contributed by atoms with Gasteiger partial charge in [0.1, 0.15) is 45.4 Å². The third kappa shape index (κ3) is 4.77. The van der Waals surface area contributed by atoms with Crippen molar-refractivity contribution in [3.63, 3.8) is 0 Å². The molecule has 1 fully saturated rings. The molecule has 3 heterocycles. The molecule has 1 saturated heterocycles. The van der Waals surface area contributed by atoms with Crippen LogP contribution in [0.4, 0.5) is 5.69 Å². The Morgan fingerprint density at radius 1 is 1.21 bits per heavy atom. The van der Waals surface area contributed by atoms with E-state index >= 15 is 0 Å². The van der Waals surface area contributed by atoms with Gasteiger partial charge < -0.3 is 15.1 Å². The van der Waals surface area contributed by atoms with Gasteiger partial charge in [0.25, 0.3) is 5.91 Å². The smallest absolute Gasteiger partial charge is 0.279 e. The van der Waals surface area contributed by atoms with Crippen molar-refractivity contribution >= 4 is 34.5 Å². The summed E-state index contributed by atoms with van der Waals surface area (Å²) in [5.74, 6) is -0.0140. The van der Waals surface area contributed by atoms with Crippen molar-refractivity contribution in [2.24, 2.45) is 0 Å². The molecule has 0 saturated carbocycles. The lowest BCUT2D eigenvalue weighted by Crippen LogP contribution is -3.28. The van der Waals surface area contributed by atoms with E-state index in [9.17, 15) is 4.79 Å². The zero-order valence-corrected chi connectivity index (χ0v) is 17.0. The fraction of sp³-hybridized carbons (Fsp3) is 0.316. The second-order valence-corrected chi connectivity index (χ2v) is 8.25. The molecule has 7 nitrogen and oxygen atoms in total. The van der Waals surface area contributed by atoms with Crippen LogP contribution < -0.4 is 15.1 Å². The monoisotopic (exact) mass is 418 g/mol. The number of anilines is 1. The van der Waals surface area contributed by atoms with Gasteiger partial charge in [0, 0.05) is 10.6 Å². The summed E-state index contributed by atoms with van der Waals surface area (Å²) in [5.41, 5.74) is 2.79. The number of carbonyl (C=O) groups excluding carboxylic acids is 1. The first kappa shape index (κ1) is 19.1. The van der Waals surface area contributed by atoms with Gasteiger partial charge in [-0.25, -0.2) is 9.67 Å². The SMILES string of the molecule is O=C(C[NH+]1CC[NH+](Cc2ccsc2)CC1)Nc1cc(Cl)ccc1-n1cncn1. The van der Waals surface area contributed by atoms with E-state index < -0.39 is 0 Å². The number of benzene rings is 1. The normalized spacial score (nSPS) is 19.5. The topological polar surface area (TPSA) is 68.7 Å². The number of hydrogen-bond donors (Lipinski definition) is 3. The lowest BCUT2D eigenvalue weighted by atomic mass is 10.2. The maximum absolute atomic E-state index is 12.6. The molecule has 1 aliphatic rings. The largest absolute Gasteiger partial charge is 0.322 e. The number of quaternary nitrogens is 2. The van der Waals surface area contributed by atoms with Gasteiger partial charge in [-0.1, -0.05) is 11.6 Å². The maximum Gasteiger partial charge on any atom is 0.279 e. The van der Waals surface area contributed by atoms with E-state index in [1.807, 2.05) is 6.07 Å². The second kappa shape index (κ2) is 8.83. The Bertz CT molecular complexity index is 907. The second-order valence-electron chi connectivity index (χ2n) is 7.03. The predicted molar refractivity (Wildman–Crippen MR) is 109 cm³/mol. The van der Waals surface area contributed by atoms with Crippen molar-refractivity contribution in [1.29, 1.82) is 0 Å². The third-order valence-electron chi connectivity index (χ3n) is 5.01. The average Bonchev–Trinajstić information content (AvgIpc) is 3.37. The van der Waals surface area contributed by atoms with Crippen molar-refractivity contribution in [1.82, 2.24) is 14.8 Å². The number of hydrogen-bond acceptors (Lipinski definition) is 4. The lowest BCUT2D eigenvalue weighted by Gasteiger charge is -2.29. The predicted octanol–water partition coefficient (Wildman–Crippen LogP) is -0.0957. The minimum atomic E-state index is -0.0140. The van der Waals surface area contributed by atoms with Gasteiger partial charge in [0.2, 0.25) is 0 Å². The van der Waals surface area contributed by atoms with Gasteiger partial charge >= 0.3 is 0 Å². The Balaban J connectivity index is 1.32. The van der Waals surface area contributed by atoms with E-state index in [0.717, 1.165) is 38.4 Å². The number of carbonyl (C=O) groups is 1. The quantitative estimate of drug-likeness (QED) is 0.524. The zero-order valence-electron chi connectivity index (χ0n) is 15.4. The average molecular weight is 419 g/mol. The molecule has 2 aromatic heterocycles. The Morgan fingerprint density at radius 3 is 2.75 bits per heavy atom. The Labute approximate surface area is 172 Å². The molecule has 0 aliphatic carbocycles. The van der Waals surface area contributed by atoms with E-state index in [-0.39, 0.29) is 5.91 Å². The number of aromatic nitrogens is 3. The molecular weight excluding hydrogens is 396 g/mol. The summed E-state index contributed by atoms with van der Waals surface area (Å²) < 4.78 is 1.62. The Hall–Kier alpha value is -2.26. The van der Waals surface area contributed by atoms with Crippen LogP contribution >= 0.6 is 22.9 Å². The molecule has 28 heavy (non-hydrogen) atoms. The molecule has 3 N–H and O–H groups in total. The summed E-state index contributed by atoms with van der Waals surface area (Å²) in [6.07, 6.45) is 3.06. The van der Waals surface area contributed by atoms with Crippen LogP contribution in [-0.2, 0) is 11.3 Å². The van der Waals surface area contributed by atoms with Crippen LogP contribution in [0.1, 0.15) is 5.56 Å². The molecule has 146 valence electrons. The van der Waals surface area contributed by atoms with Gasteiger partial charge in [-0.2, -0.15) is 16.4 Å². The molecule has 0 bridgehead atoms. The molecule has 0 spiro atoms. The van der Waals surface area contributed by atoms with E-state index in [4.69, 9.17) is 11.6 Å². The summed E-state index contributed by atoms with van der Waals surface area (Å²) >= 11 is 7.87. The van der Waals surface area contributed by atoms with Crippen LogP contribution in [0, 0.1) is 0 Å². The number of piperazine rings is 1. The Morgan fingerprint density at radius 2 is 2.04 bits per heavy atom. The molecule has 9 heteroatoms. The molecule has 0 atom stereocenters. The minimum absolute atomic E-state index is 0.0140. The molecule has 1 amide bonds. The molecule has 0 radical (unpaired) electrons. The van der Waals surface area contributed by atoms with E-state index in [2.05, 4.69) is 32.2 Å². The van der Waals surface area contributed by atoms with Crippen molar-refractivity contribution < 1.29 is 14.6 Å². The highest BCUT2D eigenvalue weighted by Gasteiger charge is 2.25. The Kier molecular flexibility index (Phi) is 6.01. The summed E-state index contributed by atoms with van der Waals surface area (Å²) in [5, 5.41) is 12.1. The van der Waals surface area contributed by atoms with Crippen molar-refractivity contribution in [2.75, 3.05) is 38.0 Å². The van der Waals surface area contributed by atoms with Crippen LogP contribution in [-0.4, -0.2) is 53.4 Å². The van der Waals surface area contributed by atoms with Gasteiger partial charge in [-0.15, -0.1) is 0 Å². The van der Waals surface area contributed by atoms with Crippen molar-refractivity contribution in [3.05, 3.63) is 58.3 Å². The number of halogens is 1. The number of nitrogens with zero attached hydrogens (tertiary/aromatic N) is 3. The number of amides is 1. The van der Waals surface area contributed by atoms with Crippen molar-refractivity contribution in [3.8, 4) is 5.69 Å². The maximum atomic E-state index is 12.6. The summed E-state index contributed by atoms with van der Waals surface area (Å²) in [7, 11) is 0. The summed E-state index contributed by atoms with van der Waals surface area (Å²) in [4.78, 5) is 19.5. The highest BCUT2D eigenvalue weighted by molar-refractivity contribution is 7.07. The standard InChI is InChI=1S/C19H21ClN6OS/c20-16-1-2-18(26-14-21-13-22-26)17(9-16)23-19(27)11-25-6-4-24(5-7-25)10-15-3-8-28-12-15/h1-3,8-9,12-14H,4-7,10-11H2,(H,23,27)/p+2. The molecule has 1 aliphatic heterocycles. The fourth-order valence-corrected chi connectivity index (χ4v) is 4.40. The fourth-order valence-electron chi connectivity index (χ4n) is 3.55. The summed E-state index contributed by atoms with van der Waals surface area (Å²) in [6.45, 7) is 5.69. The van der Waals surface area contributed by atoms with Gasteiger partial charge in [0.15, 0.2) is 6.54 Å². The first-order valence-corrected chi connectivity index (χ1v) is 10.6. The van der Waals surface area contributed by atoms with E-state index in [1.54, 1.807) is 39.4 Å². The van der Waals surface area contributed by atoms with Gasteiger partial charge in [-0.05, 0) is 35.0 Å². The molecule has 0 unspecified atom stereocenters. The van der Waals surface area contributed by atoms with Crippen molar-refractivity contribution in [2.45, 2.75) is 6.54 Å². The van der Waals surface area contributed by atoms with Crippen LogP contribution in [0.3, 0.4) is 0 Å². The number of rotatable bonds is 6. The summed E-state index contributed by atoms with van der Waals surface area (Å²) in [6, 6.07) is 7.54. The zero-order chi connectivity index (χ0) is 19.3. The van der Waals surface area contributed by atoms with Crippen LogP contribution in [0.25, 0.3) is 5.69 Å². The number of thiophene rings is 1. The van der Waals surface area contributed by atoms with Crippen LogP contribution in [0.2, 0.25) is 5.02 Å². The van der Waals surface area contributed by atoms with Gasteiger partial charge in [-0.3, -0.25) is 4.79 Å². The number of nitrogens with one attached hydrogen (secondary N) is 3. The molecule has 3 aromatic rings. The van der Waals surface area contributed by atoms with Crippen LogP contribution in [0.5, 0.6) is 0 Å². The lowest BCUT2D eigenvalue weighted by molar-refractivity contribution is -1.02. The molecule has 1 aromatic carbocycles. The highest BCUT2D eigenvalue weighted by atomic mass is 35.5. The van der Waals surface area contributed by atoms with Gasteiger partial charge in [0.05, 0.1) is 11.4 Å². The molecular formula is C19H23ClN6OS+2. The molecule has 4 rings (SSSR count).